The van der Waals surface area contributed by atoms with Crippen LogP contribution in [-0.4, -0.2) is 111 Å². The van der Waals surface area contributed by atoms with Crippen LogP contribution in [0.15, 0.2) is 24.3 Å². The molecule has 1 aromatic rings. The van der Waals surface area contributed by atoms with E-state index in [0.717, 1.165) is 45.0 Å². The number of benzene rings is 1. The minimum Gasteiger partial charge on any atom is -0.347 e. The molecule has 1 N–H and O–H groups in total. The van der Waals surface area contributed by atoms with Crippen molar-refractivity contribution in [1.29, 1.82) is 0 Å². The Labute approximate surface area is 221 Å². The molecule has 0 aromatic heterocycles. The van der Waals surface area contributed by atoms with Crippen LogP contribution in [0.5, 0.6) is 0 Å². The van der Waals surface area contributed by atoms with E-state index in [0.29, 0.717) is 58.5 Å². The molecule has 5 rings (SSSR count). The molecule has 37 heavy (non-hydrogen) atoms. The molecule has 10 nitrogen and oxygen atoms in total. The number of hydrogen-bond acceptors (Lipinski definition) is 7. The molecule has 0 bridgehead atoms. The van der Waals surface area contributed by atoms with Gasteiger partial charge in [0.1, 0.15) is 0 Å². The van der Waals surface area contributed by atoms with Gasteiger partial charge >= 0.3 is 0 Å². The molecule has 206 valence electrons. The second-order valence-electron chi connectivity index (χ2n) is 10.6. The van der Waals surface area contributed by atoms with E-state index in [1.165, 1.54) is 14.2 Å². The van der Waals surface area contributed by atoms with E-state index in [-0.39, 0.29) is 18.4 Å². The molecule has 0 unspecified atom stereocenters. The predicted molar refractivity (Wildman–Crippen MR) is 141 cm³/mol. The zero-order chi connectivity index (χ0) is 25.9. The summed E-state index contributed by atoms with van der Waals surface area (Å²) in [5.74, 6) is -1.10. The molecular weight excluding hydrogens is 494 g/mol. The summed E-state index contributed by atoms with van der Waals surface area (Å²) in [6, 6.07) is 8.04. The first-order valence-corrected chi connectivity index (χ1v) is 15.1. The van der Waals surface area contributed by atoms with Crippen LogP contribution in [-0.2, 0) is 31.0 Å². The number of rotatable bonds is 7. The molecule has 4 saturated heterocycles. The van der Waals surface area contributed by atoms with Gasteiger partial charge in [-0.2, -0.15) is 17.0 Å². The summed E-state index contributed by atoms with van der Waals surface area (Å²) in [6.45, 7) is 11.1. The van der Waals surface area contributed by atoms with Crippen molar-refractivity contribution in [2.45, 2.75) is 44.9 Å². The Kier molecular flexibility index (Phi) is 8.49. The molecule has 1 atom stereocenters. The van der Waals surface area contributed by atoms with Crippen molar-refractivity contribution < 1.29 is 22.7 Å². The Balaban J connectivity index is 1.11. The second-order valence-corrected chi connectivity index (χ2v) is 12.5. The zero-order valence-corrected chi connectivity index (χ0v) is 22.8. The summed E-state index contributed by atoms with van der Waals surface area (Å²) in [7, 11) is -3.63. The molecule has 4 fully saturated rings. The maximum atomic E-state index is 13.3. The summed E-state index contributed by atoms with van der Waals surface area (Å²) in [6.07, 6.45) is 2.43. The molecule has 4 heterocycles. The standard InChI is InChI=1S/C26H41N5O5S/c1-2-28-14-16-29(17-15-28)20-22-5-7-24(8-6-22)27-25(32)23-4-3-11-31(21-23)37(33,34)30-12-9-26(10-13-30)35-18-19-36-26/h5-8,23H,2-4,9-21H2,1H3,(H,27,32)/t23-/m0/s1. The summed E-state index contributed by atoms with van der Waals surface area (Å²) < 4.78 is 41.1. The number of carbonyl (C=O) groups is 1. The van der Waals surface area contributed by atoms with Gasteiger partial charge < -0.3 is 19.7 Å². The largest absolute Gasteiger partial charge is 0.347 e. The fraction of sp³-hybridized carbons (Fsp3) is 0.731. The number of hydrogen-bond donors (Lipinski definition) is 1. The average Bonchev–Trinajstić information content (AvgIpc) is 3.38. The first-order chi connectivity index (χ1) is 17.9. The number of piperazine rings is 1. The summed E-state index contributed by atoms with van der Waals surface area (Å²) in [5, 5.41) is 3.01. The summed E-state index contributed by atoms with van der Waals surface area (Å²) >= 11 is 0. The molecule has 0 aliphatic carbocycles. The fourth-order valence-corrected chi connectivity index (χ4v) is 7.53. The molecule has 4 aliphatic heterocycles. The van der Waals surface area contributed by atoms with Crippen molar-refractivity contribution in [2.24, 2.45) is 5.92 Å². The number of ether oxygens (including phenoxy) is 2. The van der Waals surface area contributed by atoms with Crippen molar-refractivity contribution in [3.63, 3.8) is 0 Å². The minimum absolute atomic E-state index is 0.117. The van der Waals surface area contributed by atoms with Gasteiger partial charge in [0.25, 0.3) is 10.2 Å². The highest BCUT2D eigenvalue weighted by Crippen LogP contribution is 2.33. The van der Waals surface area contributed by atoms with Gasteiger partial charge in [-0.1, -0.05) is 19.1 Å². The Morgan fingerprint density at radius 2 is 1.59 bits per heavy atom. The van der Waals surface area contributed by atoms with Gasteiger partial charge in [0.15, 0.2) is 5.79 Å². The normalized spacial score (nSPS) is 26.5. The lowest BCUT2D eigenvalue weighted by Gasteiger charge is -2.40. The molecule has 1 aromatic carbocycles. The van der Waals surface area contributed by atoms with Crippen LogP contribution in [0.25, 0.3) is 0 Å². The summed E-state index contributed by atoms with van der Waals surface area (Å²) in [5.41, 5.74) is 1.98. The number of nitrogens with zero attached hydrogens (tertiary/aromatic N) is 4. The predicted octanol–water partition coefficient (Wildman–Crippen LogP) is 1.56. The minimum atomic E-state index is -3.63. The lowest BCUT2D eigenvalue weighted by molar-refractivity contribution is -0.179. The SMILES string of the molecule is CCN1CCN(Cc2ccc(NC(=O)[C@H]3CCCN(S(=O)(=O)N4CCC5(CC4)OCCO5)C3)cc2)CC1. The highest BCUT2D eigenvalue weighted by atomic mass is 32.2. The maximum Gasteiger partial charge on any atom is 0.282 e. The quantitative estimate of drug-likeness (QED) is 0.566. The average molecular weight is 536 g/mol. The Bertz CT molecular complexity index is 1010. The van der Waals surface area contributed by atoms with E-state index in [1.54, 1.807) is 0 Å². The third-order valence-electron chi connectivity index (χ3n) is 8.25. The van der Waals surface area contributed by atoms with Crippen molar-refractivity contribution >= 4 is 21.8 Å². The van der Waals surface area contributed by atoms with Gasteiger partial charge in [-0.05, 0) is 37.1 Å². The van der Waals surface area contributed by atoms with E-state index < -0.39 is 16.0 Å². The third-order valence-corrected chi connectivity index (χ3v) is 10.2. The highest BCUT2D eigenvalue weighted by Gasteiger charge is 2.44. The first-order valence-electron chi connectivity index (χ1n) is 13.7. The van der Waals surface area contributed by atoms with Crippen LogP contribution in [0.2, 0.25) is 0 Å². The lowest BCUT2D eigenvalue weighted by Crippen LogP contribution is -2.54. The summed E-state index contributed by atoms with van der Waals surface area (Å²) in [4.78, 5) is 18.0. The molecule has 0 saturated carbocycles. The zero-order valence-electron chi connectivity index (χ0n) is 21.9. The topological polar surface area (TPSA) is 94.7 Å². The van der Waals surface area contributed by atoms with Gasteiger partial charge in [0.05, 0.1) is 19.1 Å². The molecule has 1 amide bonds. The van der Waals surface area contributed by atoms with E-state index in [4.69, 9.17) is 9.47 Å². The fourth-order valence-electron chi connectivity index (χ4n) is 5.83. The number of amides is 1. The van der Waals surface area contributed by atoms with Crippen LogP contribution in [0.3, 0.4) is 0 Å². The Hall–Kier alpha value is -1.60. The van der Waals surface area contributed by atoms with Crippen molar-refractivity contribution in [1.82, 2.24) is 18.4 Å². The van der Waals surface area contributed by atoms with Crippen LogP contribution >= 0.6 is 0 Å². The Morgan fingerprint density at radius 3 is 2.24 bits per heavy atom. The lowest BCUT2D eigenvalue weighted by atomic mass is 9.98. The smallest absolute Gasteiger partial charge is 0.282 e. The molecule has 11 heteroatoms. The van der Waals surface area contributed by atoms with E-state index in [9.17, 15) is 13.2 Å². The molecular formula is C26H41N5O5S. The van der Waals surface area contributed by atoms with E-state index >= 15 is 0 Å². The maximum absolute atomic E-state index is 13.3. The van der Waals surface area contributed by atoms with Gasteiger partial charge in [0.2, 0.25) is 5.91 Å². The number of carbonyl (C=O) groups excluding carboxylic acids is 1. The van der Waals surface area contributed by atoms with Crippen molar-refractivity contribution in [3.05, 3.63) is 29.8 Å². The molecule has 0 radical (unpaired) electrons. The van der Waals surface area contributed by atoms with E-state index in [1.807, 2.05) is 12.1 Å². The Morgan fingerprint density at radius 1 is 0.946 bits per heavy atom. The first kappa shape index (κ1) is 27.0. The second kappa shape index (κ2) is 11.6. The number of anilines is 1. The van der Waals surface area contributed by atoms with Gasteiger partial charge in [-0.15, -0.1) is 0 Å². The van der Waals surface area contributed by atoms with Crippen LogP contribution < -0.4 is 5.32 Å². The highest BCUT2D eigenvalue weighted by molar-refractivity contribution is 7.86. The molecule has 1 spiro atoms. The van der Waals surface area contributed by atoms with Crippen LogP contribution in [0.4, 0.5) is 5.69 Å². The van der Waals surface area contributed by atoms with Crippen LogP contribution in [0, 0.1) is 5.92 Å². The van der Waals surface area contributed by atoms with Crippen LogP contribution in [0.1, 0.15) is 38.2 Å². The van der Waals surface area contributed by atoms with Gasteiger partial charge in [-0.3, -0.25) is 9.69 Å². The van der Waals surface area contributed by atoms with Crippen molar-refractivity contribution in [2.75, 3.05) is 77.4 Å². The van der Waals surface area contributed by atoms with E-state index in [2.05, 4.69) is 34.2 Å². The van der Waals surface area contributed by atoms with Gasteiger partial charge in [0, 0.05) is 77.4 Å². The number of nitrogens with one attached hydrogen (secondary N) is 1. The monoisotopic (exact) mass is 535 g/mol. The third kappa shape index (κ3) is 6.35. The van der Waals surface area contributed by atoms with Crippen molar-refractivity contribution in [3.8, 4) is 0 Å². The van der Waals surface area contributed by atoms with Gasteiger partial charge in [-0.25, -0.2) is 0 Å². The number of piperidine rings is 2. The molecule has 4 aliphatic rings. The number of likely N-dealkylation sites (N-methyl/N-ethyl adjacent to an activating group) is 1.